The Labute approximate surface area is 107 Å². The summed E-state index contributed by atoms with van der Waals surface area (Å²) in [5.74, 6) is -0.580. The van der Waals surface area contributed by atoms with Crippen LogP contribution in [0.4, 0.5) is 0 Å². The first kappa shape index (κ1) is 13.0. The molecule has 0 bridgehead atoms. The molecule has 1 aliphatic heterocycles. The lowest BCUT2D eigenvalue weighted by Gasteiger charge is -2.21. The van der Waals surface area contributed by atoms with E-state index in [1.54, 1.807) is 18.2 Å². The zero-order valence-corrected chi connectivity index (χ0v) is 11.0. The first-order valence-corrected chi connectivity index (χ1v) is 7.25. The average Bonchev–Trinajstić information content (AvgIpc) is 2.78. The fraction of sp³-hybridized carbons (Fsp3) is 0.417. The third-order valence-electron chi connectivity index (χ3n) is 3.13. The van der Waals surface area contributed by atoms with Crippen molar-refractivity contribution in [3.8, 4) is 0 Å². The zero-order chi connectivity index (χ0) is 13.3. The van der Waals surface area contributed by atoms with E-state index < -0.39 is 22.0 Å². The van der Waals surface area contributed by atoms with Crippen molar-refractivity contribution in [2.75, 3.05) is 6.54 Å². The third-order valence-corrected chi connectivity index (χ3v) is 5.03. The van der Waals surface area contributed by atoms with Gasteiger partial charge in [-0.15, -0.1) is 0 Å². The van der Waals surface area contributed by atoms with E-state index in [4.69, 9.17) is 5.73 Å². The van der Waals surface area contributed by atoms with Gasteiger partial charge in [-0.05, 0) is 37.5 Å². The van der Waals surface area contributed by atoms with Crippen LogP contribution in [0.1, 0.15) is 18.4 Å². The number of amides is 1. The lowest BCUT2D eigenvalue weighted by molar-refractivity contribution is -0.121. The molecule has 1 aromatic carbocycles. The largest absolute Gasteiger partial charge is 0.368 e. The van der Waals surface area contributed by atoms with Crippen LogP contribution >= 0.6 is 0 Å². The minimum Gasteiger partial charge on any atom is -0.368 e. The maximum atomic E-state index is 12.4. The molecule has 1 amide bonds. The van der Waals surface area contributed by atoms with Crippen molar-refractivity contribution in [3.63, 3.8) is 0 Å². The lowest BCUT2D eigenvalue weighted by Crippen LogP contribution is -2.43. The lowest BCUT2D eigenvalue weighted by atomic mass is 10.2. The van der Waals surface area contributed by atoms with Crippen LogP contribution in [-0.2, 0) is 14.8 Å². The number of carbonyl (C=O) groups excluding carboxylic acids is 1. The maximum absolute atomic E-state index is 12.4. The van der Waals surface area contributed by atoms with Gasteiger partial charge < -0.3 is 5.73 Å². The van der Waals surface area contributed by atoms with E-state index in [1.807, 2.05) is 13.0 Å². The van der Waals surface area contributed by atoms with Crippen LogP contribution in [0.3, 0.4) is 0 Å². The van der Waals surface area contributed by atoms with Gasteiger partial charge in [0.05, 0.1) is 4.90 Å². The Bertz CT molecular complexity index is 568. The summed E-state index contributed by atoms with van der Waals surface area (Å²) < 4.78 is 26.1. The van der Waals surface area contributed by atoms with Crippen molar-refractivity contribution >= 4 is 15.9 Å². The molecule has 1 aromatic rings. The normalized spacial score (nSPS) is 21.1. The molecule has 1 fully saturated rings. The molecule has 1 unspecified atom stereocenters. The fourth-order valence-electron chi connectivity index (χ4n) is 2.22. The molecule has 1 heterocycles. The highest BCUT2D eigenvalue weighted by Crippen LogP contribution is 2.26. The highest BCUT2D eigenvalue weighted by atomic mass is 32.2. The van der Waals surface area contributed by atoms with Crippen LogP contribution in [0.15, 0.2) is 29.2 Å². The second-order valence-corrected chi connectivity index (χ2v) is 6.38. The second-order valence-electron chi connectivity index (χ2n) is 4.49. The molecule has 0 spiro atoms. The zero-order valence-electron chi connectivity index (χ0n) is 10.2. The van der Waals surface area contributed by atoms with Gasteiger partial charge in [-0.2, -0.15) is 4.31 Å². The van der Waals surface area contributed by atoms with E-state index in [1.165, 1.54) is 4.31 Å². The number of hydrogen-bond donors (Lipinski definition) is 1. The monoisotopic (exact) mass is 268 g/mol. The van der Waals surface area contributed by atoms with Crippen LogP contribution in [0.25, 0.3) is 0 Å². The van der Waals surface area contributed by atoms with Gasteiger partial charge >= 0.3 is 0 Å². The summed E-state index contributed by atoms with van der Waals surface area (Å²) in [4.78, 5) is 11.5. The molecule has 1 atom stereocenters. The number of aryl methyl sites for hydroxylation is 1. The Morgan fingerprint density at radius 3 is 2.78 bits per heavy atom. The smallest absolute Gasteiger partial charge is 0.243 e. The predicted octanol–water partition coefficient (Wildman–Crippen LogP) is 0.633. The number of nitrogens with two attached hydrogens (primary N) is 1. The van der Waals surface area contributed by atoms with Crippen molar-refractivity contribution in [1.29, 1.82) is 0 Å². The molecule has 98 valence electrons. The maximum Gasteiger partial charge on any atom is 0.243 e. The molecule has 0 radical (unpaired) electrons. The topological polar surface area (TPSA) is 80.5 Å². The van der Waals surface area contributed by atoms with Crippen molar-refractivity contribution in [2.45, 2.75) is 30.7 Å². The summed E-state index contributed by atoms with van der Waals surface area (Å²) in [7, 11) is -3.62. The van der Waals surface area contributed by atoms with Crippen molar-refractivity contribution in [1.82, 2.24) is 4.31 Å². The molecular weight excluding hydrogens is 252 g/mol. The Morgan fingerprint density at radius 2 is 2.17 bits per heavy atom. The van der Waals surface area contributed by atoms with E-state index in [9.17, 15) is 13.2 Å². The summed E-state index contributed by atoms with van der Waals surface area (Å²) in [6.07, 6.45) is 1.17. The van der Waals surface area contributed by atoms with Gasteiger partial charge in [0.2, 0.25) is 15.9 Å². The molecule has 1 aliphatic rings. The molecule has 18 heavy (non-hydrogen) atoms. The van der Waals surface area contributed by atoms with E-state index in [0.717, 1.165) is 5.56 Å². The SMILES string of the molecule is Cc1cccc(S(=O)(=O)N2CCCC2C(N)=O)c1. The number of primary amides is 1. The minimum atomic E-state index is -3.62. The van der Waals surface area contributed by atoms with Crippen molar-refractivity contribution in [2.24, 2.45) is 5.73 Å². The Balaban J connectivity index is 2.40. The van der Waals surface area contributed by atoms with Gasteiger partial charge in [-0.25, -0.2) is 8.42 Å². The van der Waals surface area contributed by atoms with Gasteiger partial charge in [0, 0.05) is 6.54 Å². The van der Waals surface area contributed by atoms with Gasteiger partial charge in [-0.3, -0.25) is 4.79 Å². The van der Waals surface area contributed by atoms with Crippen LogP contribution in [0.5, 0.6) is 0 Å². The van der Waals surface area contributed by atoms with Crippen molar-refractivity contribution < 1.29 is 13.2 Å². The van der Waals surface area contributed by atoms with Crippen LogP contribution in [0, 0.1) is 6.92 Å². The summed E-state index contributed by atoms with van der Waals surface area (Å²) >= 11 is 0. The number of nitrogens with zero attached hydrogens (tertiary/aromatic N) is 1. The van der Waals surface area contributed by atoms with Crippen LogP contribution in [0.2, 0.25) is 0 Å². The number of sulfonamides is 1. The summed E-state index contributed by atoms with van der Waals surface area (Å²) in [5, 5.41) is 0. The standard InChI is InChI=1S/C12H16N2O3S/c1-9-4-2-5-10(8-9)18(16,17)14-7-3-6-11(14)12(13)15/h2,4-5,8,11H,3,6-7H2,1H3,(H2,13,15). The minimum absolute atomic E-state index is 0.218. The Morgan fingerprint density at radius 1 is 1.44 bits per heavy atom. The predicted molar refractivity (Wildman–Crippen MR) is 67.3 cm³/mol. The Hall–Kier alpha value is -1.40. The van der Waals surface area contributed by atoms with E-state index in [2.05, 4.69) is 0 Å². The highest BCUT2D eigenvalue weighted by Gasteiger charge is 2.38. The number of hydrogen-bond acceptors (Lipinski definition) is 3. The average molecular weight is 268 g/mol. The van der Waals surface area contributed by atoms with Crippen molar-refractivity contribution in [3.05, 3.63) is 29.8 Å². The summed E-state index contributed by atoms with van der Waals surface area (Å²) in [5.41, 5.74) is 6.11. The highest BCUT2D eigenvalue weighted by molar-refractivity contribution is 7.89. The number of carbonyl (C=O) groups is 1. The summed E-state index contributed by atoms with van der Waals surface area (Å²) in [6.45, 7) is 2.18. The van der Waals surface area contributed by atoms with E-state index >= 15 is 0 Å². The van der Waals surface area contributed by atoms with Gasteiger partial charge in [-0.1, -0.05) is 12.1 Å². The van der Waals surface area contributed by atoms with Gasteiger partial charge in [0.15, 0.2) is 0 Å². The molecule has 6 heteroatoms. The molecule has 0 aromatic heterocycles. The van der Waals surface area contributed by atoms with Crippen LogP contribution < -0.4 is 5.73 Å². The Kier molecular flexibility index (Phi) is 3.41. The van der Waals surface area contributed by atoms with E-state index in [-0.39, 0.29) is 4.90 Å². The fourth-order valence-corrected chi connectivity index (χ4v) is 3.99. The molecule has 5 nitrogen and oxygen atoms in total. The van der Waals surface area contributed by atoms with Crippen LogP contribution in [-0.4, -0.2) is 31.2 Å². The quantitative estimate of drug-likeness (QED) is 0.873. The molecule has 1 saturated heterocycles. The number of benzene rings is 1. The van der Waals surface area contributed by atoms with Gasteiger partial charge in [0.25, 0.3) is 0 Å². The molecular formula is C12H16N2O3S. The number of rotatable bonds is 3. The summed E-state index contributed by atoms with van der Waals surface area (Å²) in [6, 6.07) is 5.95. The molecule has 2 rings (SSSR count). The first-order chi connectivity index (χ1) is 8.43. The first-order valence-electron chi connectivity index (χ1n) is 5.81. The molecule has 0 aliphatic carbocycles. The third kappa shape index (κ3) is 2.26. The van der Waals surface area contributed by atoms with E-state index in [0.29, 0.717) is 19.4 Å². The molecule has 0 saturated carbocycles. The van der Waals surface area contributed by atoms with Gasteiger partial charge in [0.1, 0.15) is 6.04 Å². The second kappa shape index (κ2) is 4.70. The molecule has 2 N–H and O–H groups in total.